The standard InChI is InChI=1S/C12H9NO4S/c1-8-2-4-9(5-3-8)12(14)17-11-6-10(7-18-11)13(15)16/h2-7H,1H3. The van der Waals surface area contributed by atoms with Gasteiger partial charge in [-0.05, 0) is 19.1 Å². The molecule has 5 nitrogen and oxygen atoms in total. The molecule has 1 aromatic heterocycles. The molecule has 0 saturated carbocycles. The van der Waals surface area contributed by atoms with Gasteiger partial charge in [-0.3, -0.25) is 10.1 Å². The third-order valence-electron chi connectivity index (χ3n) is 2.25. The second-order valence-electron chi connectivity index (χ2n) is 3.64. The lowest BCUT2D eigenvalue weighted by Gasteiger charge is -2.01. The molecular formula is C12H9NO4S. The predicted octanol–water partition coefficient (Wildman–Crippen LogP) is 3.18. The first-order valence-corrected chi connectivity index (χ1v) is 5.96. The normalized spacial score (nSPS) is 10.1. The first-order chi connectivity index (χ1) is 8.56. The quantitative estimate of drug-likeness (QED) is 0.484. The van der Waals surface area contributed by atoms with Crippen LogP contribution in [-0.2, 0) is 0 Å². The van der Waals surface area contributed by atoms with Crippen molar-refractivity contribution < 1.29 is 14.5 Å². The van der Waals surface area contributed by atoms with Crippen LogP contribution >= 0.6 is 11.3 Å². The van der Waals surface area contributed by atoms with Crippen molar-refractivity contribution in [1.29, 1.82) is 0 Å². The topological polar surface area (TPSA) is 69.4 Å². The molecule has 1 aromatic carbocycles. The molecule has 0 aliphatic rings. The van der Waals surface area contributed by atoms with Crippen molar-refractivity contribution in [3.8, 4) is 5.06 Å². The van der Waals surface area contributed by atoms with Crippen LogP contribution in [0.2, 0.25) is 0 Å². The number of aryl methyl sites for hydroxylation is 1. The molecule has 0 atom stereocenters. The first kappa shape index (κ1) is 12.3. The molecule has 6 heteroatoms. The highest BCUT2D eigenvalue weighted by atomic mass is 32.1. The Bertz CT molecular complexity index is 588. The van der Waals surface area contributed by atoms with Gasteiger partial charge in [0, 0.05) is 0 Å². The van der Waals surface area contributed by atoms with Gasteiger partial charge in [0.1, 0.15) is 0 Å². The molecular weight excluding hydrogens is 254 g/mol. The summed E-state index contributed by atoms with van der Waals surface area (Å²) < 4.78 is 5.05. The van der Waals surface area contributed by atoms with Crippen LogP contribution in [0.4, 0.5) is 5.69 Å². The summed E-state index contributed by atoms with van der Waals surface area (Å²) in [5.74, 6) is -0.522. The Morgan fingerprint density at radius 1 is 1.33 bits per heavy atom. The molecule has 2 aromatic rings. The van der Waals surface area contributed by atoms with Crippen LogP contribution in [0.25, 0.3) is 0 Å². The maximum atomic E-state index is 11.7. The maximum absolute atomic E-state index is 11.7. The van der Waals surface area contributed by atoms with Crippen molar-refractivity contribution in [1.82, 2.24) is 0 Å². The summed E-state index contributed by atoms with van der Waals surface area (Å²) in [6, 6.07) is 8.14. The van der Waals surface area contributed by atoms with E-state index < -0.39 is 10.9 Å². The molecule has 0 radical (unpaired) electrons. The van der Waals surface area contributed by atoms with Crippen LogP contribution < -0.4 is 4.74 Å². The van der Waals surface area contributed by atoms with E-state index in [2.05, 4.69) is 0 Å². The molecule has 18 heavy (non-hydrogen) atoms. The average molecular weight is 263 g/mol. The van der Waals surface area contributed by atoms with Crippen LogP contribution in [0.1, 0.15) is 15.9 Å². The highest BCUT2D eigenvalue weighted by Crippen LogP contribution is 2.28. The molecule has 0 bridgehead atoms. The number of nitro groups is 1. The molecule has 0 aliphatic heterocycles. The minimum Gasteiger partial charge on any atom is -0.412 e. The lowest BCUT2D eigenvalue weighted by molar-refractivity contribution is -0.384. The van der Waals surface area contributed by atoms with E-state index in [-0.39, 0.29) is 10.8 Å². The van der Waals surface area contributed by atoms with E-state index >= 15 is 0 Å². The van der Waals surface area contributed by atoms with Crippen LogP contribution in [-0.4, -0.2) is 10.9 Å². The van der Waals surface area contributed by atoms with Gasteiger partial charge in [0.25, 0.3) is 5.69 Å². The van der Waals surface area contributed by atoms with E-state index in [1.54, 1.807) is 24.3 Å². The number of carbonyl (C=O) groups is 1. The van der Waals surface area contributed by atoms with Gasteiger partial charge in [-0.25, -0.2) is 4.79 Å². The molecule has 0 spiro atoms. The zero-order chi connectivity index (χ0) is 13.1. The number of esters is 1. The summed E-state index contributed by atoms with van der Waals surface area (Å²) in [5.41, 5.74) is 1.38. The van der Waals surface area contributed by atoms with Crippen LogP contribution in [0, 0.1) is 17.0 Å². The first-order valence-electron chi connectivity index (χ1n) is 5.08. The Morgan fingerprint density at radius 2 is 2.00 bits per heavy atom. The minimum atomic E-state index is -0.528. The summed E-state index contributed by atoms with van der Waals surface area (Å²) >= 11 is 1.02. The molecule has 0 N–H and O–H groups in total. The molecule has 0 amide bonds. The average Bonchev–Trinajstić information content (AvgIpc) is 2.78. The third-order valence-corrected chi connectivity index (χ3v) is 3.05. The molecule has 0 fully saturated rings. The third kappa shape index (κ3) is 2.72. The van der Waals surface area contributed by atoms with E-state index in [9.17, 15) is 14.9 Å². The summed E-state index contributed by atoms with van der Waals surface area (Å²) in [5, 5.41) is 12.0. The largest absolute Gasteiger partial charge is 0.412 e. The van der Waals surface area contributed by atoms with Gasteiger partial charge in [0.15, 0.2) is 5.06 Å². The van der Waals surface area contributed by atoms with Crippen molar-refractivity contribution in [2.45, 2.75) is 6.92 Å². The Hall–Kier alpha value is -2.21. The van der Waals surface area contributed by atoms with Gasteiger partial charge in [-0.1, -0.05) is 29.0 Å². The second-order valence-corrected chi connectivity index (χ2v) is 4.51. The fourth-order valence-electron chi connectivity index (χ4n) is 1.30. The van der Waals surface area contributed by atoms with E-state index in [1.807, 2.05) is 6.92 Å². The summed E-state index contributed by atoms with van der Waals surface area (Å²) in [6.45, 7) is 1.91. The molecule has 92 valence electrons. The van der Waals surface area contributed by atoms with Gasteiger partial charge in [-0.15, -0.1) is 0 Å². The SMILES string of the molecule is Cc1ccc(C(=O)Oc2cc([N+](=O)[O-])cs2)cc1. The minimum absolute atomic E-state index is 0.0771. The van der Waals surface area contributed by atoms with Crippen LogP contribution in [0.3, 0.4) is 0 Å². The zero-order valence-electron chi connectivity index (χ0n) is 9.45. The van der Waals surface area contributed by atoms with Gasteiger partial charge in [-0.2, -0.15) is 0 Å². The Balaban J connectivity index is 2.11. The number of carbonyl (C=O) groups excluding carboxylic acids is 1. The number of hydrogen-bond acceptors (Lipinski definition) is 5. The molecule has 0 saturated heterocycles. The number of benzene rings is 1. The van der Waals surface area contributed by atoms with Crippen molar-refractivity contribution in [2.24, 2.45) is 0 Å². The Labute approximate surface area is 107 Å². The maximum Gasteiger partial charge on any atom is 0.344 e. The van der Waals surface area contributed by atoms with Gasteiger partial charge in [0.05, 0.1) is 21.9 Å². The van der Waals surface area contributed by atoms with Crippen molar-refractivity contribution in [3.63, 3.8) is 0 Å². The predicted molar refractivity (Wildman–Crippen MR) is 67.1 cm³/mol. The van der Waals surface area contributed by atoms with E-state index in [0.29, 0.717) is 5.56 Å². The van der Waals surface area contributed by atoms with E-state index in [0.717, 1.165) is 16.9 Å². The van der Waals surface area contributed by atoms with Crippen LogP contribution in [0.15, 0.2) is 35.7 Å². The van der Waals surface area contributed by atoms with Gasteiger partial charge >= 0.3 is 5.97 Å². The Kier molecular flexibility index (Phi) is 3.38. The van der Waals surface area contributed by atoms with Crippen molar-refractivity contribution in [2.75, 3.05) is 0 Å². The fraction of sp³-hybridized carbons (Fsp3) is 0.0833. The lowest BCUT2D eigenvalue weighted by atomic mass is 10.1. The van der Waals surface area contributed by atoms with E-state index in [1.165, 1.54) is 11.4 Å². The molecule has 1 heterocycles. The smallest absolute Gasteiger partial charge is 0.344 e. The number of hydrogen-bond donors (Lipinski definition) is 0. The van der Waals surface area contributed by atoms with Crippen molar-refractivity contribution >= 4 is 23.0 Å². The highest BCUT2D eigenvalue weighted by Gasteiger charge is 2.14. The zero-order valence-corrected chi connectivity index (χ0v) is 10.3. The number of ether oxygens (including phenoxy) is 1. The van der Waals surface area contributed by atoms with Gasteiger partial charge in [0.2, 0.25) is 0 Å². The lowest BCUT2D eigenvalue weighted by Crippen LogP contribution is -2.07. The summed E-state index contributed by atoms with van der Waals surface area (Å²) in [7, 11) is 0. The molecule has 2 rings (SSSR count). The van der Waals surface area contributed by atoms with Crippen LogP contribution in [0.5, 0.6) is 5.06 Å². The summed E-state index contributed by atoms with van der Waals surface area (Å²) in [6.07, 6.45) is 0. The van der Waals surface area contributed by atoms with Gasteiger partial charge < -0.3 is 4.74 Å². The fourth-order valence-corrected chi connectivity index (χ4v) is 2.00. The van der Waals surface area contributed by atoms with Crippen molar-refractivity contribution in [3.05, 3.63) is 57.0 Å². The summed E-state index contributed by atoms with van der Waals surface area (Å²) in [4.78, 5) is 21.7. The second kappa shape index (κ2) is 4.97. The number of nitrogens with zero attached hydrogens (tertiary/aromatic N) is 1. The van der Waals surface area contributed by atoms with E-state index in [4.69, 9.17) is 4.74 Å². The number of rotatable bonds is 3. The monoisotopic (exact) mass is 263 g/mol. The molecule has 0 unspecified atom stereocenters. The Morgan fingerprint density at radius 3 is 2.56 bits per heavy atom. The molecule has 0 aliphatic carbocycles. The highest BCUT2D eigenvalue weighted by molar-refractivity contribution is 7.12. The number of thiophene rings is 1.